The number of carbonyl (C=O) groups is 2. The van der Waals surface area contributed by atoms with Gasteiger partial charge in [0.1, 0.15) is 0 Å². The minimum Gasteiger partial charge on any atom is -0.450 e. The van der Waals surface area contributed by atoms with Crippen LogP contribution in [0.2, 0.25) is 0 Å². The minimum absolute atomic E-state index is 0.732. The molecule has 3 N–H and O–H groups in total. The number of rotatable bonds is 3. The summed E-state index contributed by atoms with van der Waals surface area (Å²) in [5.41, 5.74) is -1.28. The van der Waals surface area contributed by atoms with Gasteiger partial charge >= 0.3 is 19.4 Å². The zero-order chi connectivity index (χ0) is 9.94. The fraction of sp³-hybridized carbons (Fsp3) is 0.600. The first-order valence-electron chi connectivity index (χ1n) is 3.04. The molecule has 0 heterocycles. The number of ether oxygens (including phenoxy) is 1. The van der Waals surface area contributed by atoms with Gasteiger partial charge in [-0.2, -0.15) is 14.7 Å². The van der Waals surface area contributed by atoms with E-state index in [4.69, 9.17) is 14.7 Å². The lowest BCUT2D eigenvalue weighted by atomic mass is 10.4. The number of hydrogen-bond acceptors (Lipinski definition) is 6. The van der Waals surface area contributed by atoms with Crippen LogP contribution in [-0.4, -0.2) is 32.3 Å². The van der Waals surface area contributed by atoms with E-state index in [0.717, 1.165) is 13.8 Å². The first-order chi connectivity index (χ1) is 5.25. The fourth-order valence-corrected chi connectivity index (χ4v) is 1.08. The average molecular weight is 197 g/mol. The molecule has 0 rings (SSSR count). The molecule has 0 amide bonds. The summed E-state index contributed by atoms with van der Waals surface area (Å²) in [6.07, 6.45) is -1.34. The second kappa shape index (κ2) is 3.91. The highest BCUT2D eigenvalue weighted by Crippen LogP contribution is 2.46. The lowest BCUT2D eigenvalue weighted by molar-refractivity contribution is -0.149. The Kier molecular flexibility index (Phi) is 3.73. The summed E-state index contributed by atoms with van der Waals surface area (Å²) in [5, 5.41) is 0. The molecule has 0 radical (unpaired) electrons. The fourth-order valence-electron chi connectivity index (χ4n) is 0.543. The van der Waals surface area contributed by atoms with Gasteiger partial charge in [-0.1, -0.05) is 0 Å². The van der Waals surface area contributed by atoms with Gasteiger partial charge in [0, 0.05) is 6.92 Å². The van der Waals surface area contributed by atoms with E-state index in [1.165, 1.54) is 0 Å². The van der Waals surface area contributed by atoms with Crippen LogP contribution in [0.5, 0.6) is 0 Å². The maximum absolute atomic E-state index is 10.7. The third kappa shape index (κ3) is 3.73. The van der Waals surface area contributed by atoms with E-state index in [-0.39, 0.29) is 0 Å². The van der Waals surface area contributed by atoms with Crippen LogP contribution in [0.4, 0.5) is 0 Å². The molecule has 0 aliphatic rings. The summed E-state index contributed by atoms with van der Waals surface area (Å²) in [5.74, 6) is -0.732. The summed E-state index contributed by atoms with van der Waals surface area (Å²) in [7, 11) is -4.54. The van der Waals surface area contributed by atoms with Crippen molar-refractivity contribution < 1.29 is 29.0 Å². The first kappa shape index (κ1) is 11.4. The van der Waals surface area contributed by atoms with E-state index in [1.807, 2.05) is 0 Å². The van der Waals surface area contributed by atoms with Crippen LogP contribution < -0.4 is 0 Å². The van der Waals surface area contributed by atoms with Crippen LogP contribution in [0, 0.1) is 0 Å². The predicted octanol–water partition coefficient (Wildman–Crippen LogP) is -0.796. The smallest absolute Gasteiger partial charge is 0.450 e. The Hall–Kier alpha value is -0.550. The average Bonchev–Trinajstić information content (AvgIpc) is 1.82. The third-order valence-electron chi connectivity index (χ3n) is 0.986. The van der Waals surface area contributed by atoms with E-state index in [2.05, 4.69) is 4.74 Å². The molecular formula is C5H10O6P+. The van der Waals surface area contributed by atoms with Crippen LogP contribution >= 0.6 is 7.94 Å². The van der Waals surface area contributed by atoms with Crippen LogP contribution in [0.25, 0.3) is 0 Å². The van der Waals surface area contributed by atoms with Gasteiger partial charge in [-0.25, -0.2) is 4.79 Å². The van der Waals surface area contributed by atoms with Gasteiger partial charge in [-0.15, -0.1) is 0 Å². The lowest BCUT2D eigenvalue weighted by Crippen LogP contribution is -2.24. The molecule has 0 saturated heterocycles. The SMILES string of the molecule is CC(=O)OC(C)C(=O)[P+](O)(O)O. The van der Waals surface area contributed by atoms with E-state index < -0.39 is 25.5 Å². The van der Waals surface area contributed by atoms with Gasteiger partial charge in [0.05, 0.1) is 0 Å². The Morgan fingerprint density at radius 1 is 1.33 bits per heavy atom. The van der Waals surface area contributed by atoms with E-state index in [1.54, 1.807) is 0 Å². The number of esters is 1. The van der Waals surface area contributed by atoms with Gasteiger partial charge in [0.15, 0.2) is 0 Å². The summed E-state index contributed by atoms with van der Waals surface area (Å²) in [6.45, 7) is 2.21. The highest BCUT2D eigenvalue weighted by Gasteiger charge is 2.47. The van der Waals surface area contributed by atoms with Crippen molar-refractivity contribution in [1.29, 1.82) is 0 Å². The van der Waals surface area contributed by atoms with Crippen molar-refractivity contribution in [3.8, 4) is 0 Å². The normalized spacial score (nSPS) is 13.8. The van der Waals surface area contributed by atoms with Crippen LogP contribution in [0.3, 0.4) is 0 Å². The molecule has 0 fully saturated rings. The van der Waals surface area contributed by atoms with Crippen molar-refractivity contribution in [2.45, 2.75) is 20.0 Å². The minimum atomic E-state index is -4.54. The van der Waals surface area contributed by atoms with Crippen molar-refractivity contribution in [1.82, 2.24) is 0 Å². The number of hydrogen-bond donors (Lipinski definition) is 3. The molecule has 0 bridgehead atoms. The first-order valence-corrected chi connectivity index (χ1v) is 4.68. The van der Waals surface area contributed by atoms with Crippen LogP contribution in [0.1, 0.15) is 13.8 Å². The molecule has 0 spiro atoms. The van der Waals surface area contributed by atoms with Gasteiger partial charge < -0.3 is 4.74 Å². The standard InChI is InChI=1S/C5H10O6P/c1-3(11-4(2)6)5(7)12(8,9)10/h3,8-10H,1-2H3/q+1. The van der Waals surface area contributed by atoms with Crippen LogP contribution in [-0.2, 0) is 14.3 Å². The summed E-state index contributed by atoms with van der Waals surface area (Å²) >= 11 is 0. The largest absolute Gasteiger partial charge is 0.482 e. The monoisotopic (exact) mass is 197 g/mol. The topological polar surface area (TPSA) is 104 Å². The molecule has 0 aliphatic carbocycles. The zero-order valence-corrected chi connectivity index (χ0v) is 7.49. The van der Waals surface area contributed by atoms with Crippen molar-refractivity contribution in [3.63, 3.8) is 0 Å². The molecule has 70 valence electrons. The molecule has 0 aliphatic heterocycles. The quantitative estimate of drug-likeness (QED) is 0.404. The van der Waals surface area contributed by atoms with Gasteiger partial charge in [0.2, 0.25) is 6.10 Å². The van der Waals surface area contributed by atoms with E-state index in [0.29, 0.717) is 0 Å². The molecule has 1 atom stereocenters. The van der Waals surface area contributed by atoms with Gasteiger partial charge in [-0.05, 0) is 6.92 Å². The molecule has 0 saturated carbocycles. The Morgan fingerprint density at radius 3 is 2.00 bits per heavy atom. The molecule has 7 heteroatoms. The Balaban J connectivity index is 4.21. The van der Waals surface area contributed by atoms with Crippen LogP contribution in [0.15, 0.2) is 0 Å². The highest BCUT2D eigenvalue weighted by molar-refractivity contribution is 7.76. The second-order valence-electron chi connectivity index (χ2n) is 2.16. The number of carbonyl (C=O) groups excluding carboxylic acids is 2. The Labute approximate surface area is 69.4 Å². The van der Waals surface area contributed by atoms with E-state index in [9.17, 15) is 9.59 Å². The molecule has 0 aromatic carbocycles. The Morgan fingerprint density at radius 2 is 1.75 bits per heavy atom. The second-order valence-corrected chi connectivity index (χ2v) is 3.74. The van der Waals surface area contributed by atoms with E-state index >= 15 is 0 Å². The van der Waals surface area contributed by atoms with Gasteiger partial charge in [0.25, 0.3) is 0 Å². The predicted molar refractivity (Wildman–Crippen MR) is 39.8 cm³/mol. The molecular weight excluding hydrogens is 187 g/mol. The highest BCUT2D eigenvalue weighted by atomic mass is 31.2. The zero-order valence-electron chi connectivity index (χ0n) is 6.59. The summed E-state index contributed by atoms with van der Waals surface area (Å²) in [4.78, 5) is 46.4. The van der Waals surface area contributed by atoms with Crippen molar-refractivity contribution in [3.05, 3.63) is 0 Å². The molecule has 12 heavy (non-hydrogen) atoms. The summed E-state index contributed by atoms with van der Waals surface area (Å²) < 4.78 is 4.30. The molecule has 0 aromatic heterocycles. The molecule has 6 nitrogen and oxygen atoms in total. The van der Waals surface area contributed by atoms with Crippen molar-refractivity contribution >= 4 is 19.4 Å². The Bertz CT molecular complexity index is 195. The van der Waals surface area contributed by atoms with Crippen molar-refractivity contribution in [2.75, 3.05) is 0 Å². The molecule has 1 unspecified atom stereocenters. The maximum Gasteiger partial charge on any atom is 0.482 e. The summed E-state index contributed by atoms with van der Waals surface area (Å²) in [6, 6.07) is 0. The lowest BCUT2D eigenvalue weighted by Gasteiger charge is -2.08. The van der Waals surface area contributed by atoms with Crippen molar-refractivity contribution in [2.24, 2.45) is 0 Å². The third-order valence-corrected chi connectivity index (χ3v) is 1.94. The van der Waals surface area contributed by atoms with Gasteiger partial charge in [-0.3, -0.25) is 4.79 Å². The maximum atomic E-state index is 10.7. The molecule has 0 aromatic rings.